The zero-order valence-corrected chi connectivity index (χ0v) is 15.1. The maximum absolute atomic E-state index is 11.6. The quantitative estimate of drug-likeness (QED) is 0.236. The molecular weight excluding hydrogens is 399 g/mol. The summed E-state index contributed by atoms with van der Waals surface area (Å²) in [5, 5.41) is 11.2. The molecule has 8 heteroatoms. The van der Waals surface area contributed by atoms with Crippen LogP contribution in [0.2, 0.25) is 0 Å². The second-order valence-electron chi connectivity index (χ2n) is 5.45. The van der Waals surface area contributed by atoms with Crippen molar-refractivity contribution < 1.29 is 14.4 Å². The summed E-state index contributed by atoms with van der Waals surface area (Å²) < 4.78 is 0.432. The van der Waals surface area contributed by atoms with E-state index in [1.807, 2.05) is 29.5 Å². The lowest BCUT2D eigenvalue weighted by Gasteiger charge is -2.13. The van der Waals surface area contributed by atoms with E-state index in [1.165, 1.54) is 0 Å². The molecule has 1 saturated heterocycles. The number of carbonyl (C=O) groups excluding carboxylic acids is 3. The Morgan fingerprint density at radius 2 is 1.77 bits per heavy atom. The first-order valence-electron chi connectivity index (χ1n) is 7.69. The largest absolute Gasteiger partial charge is 0.354 e. The van der Waals surface area contributed by atoms with Crippen molar-refractivity contribution in [1.29, 1.82) is 0 Å². The number of unbranched alkanes of at least 4 members (excludes halogenated alkanes) is 2. The van der Waals surface area contributed by atoms with Gasteiger partial charge in [0.25, 0.3) is 0 Å². The smallest absolute Gasteiger partial charge is 0.315 e. The van der Waals surface area contributed by atoms with E-state index in [0.29, 0.717) is 23.9 Å². The molecule has 0 spiro atoms. The molecule has 1 heterocycles. The van der Waals surface area contributed by atoms with Crippen molar-refractivity contribution >= 4 is 40.4 Å². The molecule has 4 amide bonds. The molecule has 0 unspecified atom stereocenters. The van der Waals surface area contributed by atoms with Crippen LogP contribution >= 0.6 is 22.6 Å². The molecule has 4 N–H and O–H groups in total. The fourth-order valence-electron chi connectivity index (χ4n) is 2.33. The van der Waals surface area contributed by atoms with Gasteiger partial charge in [-0.2, -0.15) is 0 Å². The van der Waals surface area contributed by atoms with E-state index in [2.05, 4.69) is 21.3 Å². The summed E-state index contributed by atoms with van der Waals surface area (Å²) in [5.74, 6) is 0.00509. The van der Waals surface area contributed by atoms with Gasteiger partial charge in [0, 0.05) is 25.6 Å². The average Bonchev–Trinajstić information content (AvgIpc) is 2.81. The van der Waals surface area contributed by atoms with Crippen molar-refractivity contribution in [2.45, 2.75) is 51.1 Å². The second kappa shape index (κ2) is 10.6. The van der Waals surface area contributed by atoms with Crippen LogP contribution in [0.4, 0.5) is 4.79 Å². The molecule has 0 aromatic heterocycles. The van der Waals surface area contributed by atoms with Crippen LogP contribution in [0.3, 0.4) is 0 Å². The van der Waals surface area contributed by atoms with Gasteiger partial charge in [0.15, 0.2) is 0 Å². The SMILES string of the molecule is C[C@@H]1NC(=O)N[C@@H]1CCCCCC(=O)NCCNC(=O)CI. The summed E-state index contributed by atoms with van der Waals surface area (Å²) >= 11 is 1.99. The molecule has 22 heavy (non-hydrogen) atoms. The Kier molecular flexibility index (Phi) is 9.17. The van der Waals surface area contributed by atoms with Crippen molar-refractivity contribution in [3.63, 3.8) is 0 Å². The van der Waals surface area contributed by atoms with Crippen molar-refractivity contribution in [1.82, 2.24) is 21.3 Å². The van der Waals surface area contributed by atoms with E-state index < -0.39 is 0 Å². The van der Waals surface area contributed by atoms with Gasteiger partial charge in [-0.05, 0) is 19.8 Å². The van der Waals surface area contributed by atoms with Crippen molar-refractivity contribution in [2.75, 3.05) is 17.5 Å². The molecule has 1 aliphatic rings. The van der Waals surface area contributed by atoms with Gasteiger partial charge in [-0.25, -0.2) is 4.79 Å². The molecule has 1 fully saturated rings. The number of hydrogen-bond donors (Lipinski definition) is 4. The Morgan fingerprint density at radius 3 is 2.36 bits per heavy atom. The molecule has 0 aromatic rings. The summed E-state index contributed by atoms with van der Waals surface area (Å²) in [6.07, 6.45) is 4.25. The summed E-state index contributed by atoms with van der Waals surface area (Å²) in [5.41, 5.74) is 0. The highest BCUT2D eigenvalue weighted by molar-refractivity contribution is 14.1. The standard InChI is InChI=1S/C14H25IN4O3/c1-10-11(19-14(22)18-10)5-3-2-4-6-12(20)16-7-8-17-13(21)9-15/h10-11H,2-9H2,1H3,(H,16,20)(H,17,21)(H2,18,19,22)/t10-,11+/m0/s1. The van der Waals surface area contributed by atoms with E-state index in [9.17, 15) is 14.4 Å². The topological polar surface area (TPSA) is 99.3 Å². The van der Waals surface area contributed by atoms with Crippen LogP contribution < -0.4 is 21.3 Å². The van der Waals surface area contributed by atoms with Crippen LogP contribution in [0, 0.1) is 0 Å². The lowest BCUT2D eigenvalue weighted by Crippen LogP contribution is -2.35. The fraction of sp³-hybridized carbons (Fsp3) is 0.786. The van der Waals surface area contributed by atoms with Crippen molar-refractivity contribution in [2.24, 2.45) is 0 Å². The third kappa shape index (κ3) is 7.81. The van der Waals surface area contributed by atoms with Gasteiger partial charge in [-0.3, -0.25) is 9.59 Å². The first-order chi connectivity index (χ1) is 10.5. The van der Waals surface area contributed by atoms with E-state index in [1.54, 1.807) is 0 Å². The van der Waals surface area contributed by atoms with Crippen LogP contribution in [-0.2, 0) is 9.59 Å². The molecule has 0 saturated carbocycles. The third-order valence-electron chi connectivity index (χ3n) is 3.59. The Morgan fingerprint density at radius 1 is 1.09 bits per heavy atom. The molecule has 0 radical (unpaired) electrons. The minimum absolute atomic E-state index is 0.0161. The van der Waals surface area contributed by atoms with Crippen molar-refractivity contribution in [3.8, 4) is 0 Å². The van der Waals surface area contributed by atoms with Crippen LogP contribution in [0.1, 0.15) is 39.0 Å². The first kappa shape index (κ1) is 19.0. The maximum Gasteiger partial charge on any atom is 0.315 e. The van der Waals surface area contributed by atoms with E-state index in [0.717, 1.165) is 25.7 Å². The fourth-order valence-corrected chi connectivity index (χ4v) is 2.60. The van der Waals surface area contributed by atoms with Gasteiger partial charge in [0.05, 0.1) is 10.5 Å². The second-order valence-corrected chi connectivity index (χ2v) is 6.21. The third-order valence-corrected chi connectivity index (χ3v) is 4.28. The number of halogens is 1. The highest BCUT2D eigenvalue weighted by Gasteiger charge is 2.26. The van der Waals surface area contributed by atoms with E-state index in [4.69, 9.17) is 0 Å². The maximum atomic E-state index is 11.6. The van der Waals surface area contributed by atoms with Crippen LogP contribution in [0.5, 0.6) is 0 Å². The van der Waals surface area contributed by atoms with Gasteiger partial charge >= 0.3 is 6.03 Å². The number of urea groups is 1. The Bertz CT molecular complexity index is 392. The molecule has 2 atom stereocenters. The molecule has 0 aliphatic carbocycles. The molecular formula is C14H25IN4O3. The number of carbonyl (C=O) groups is 3. The predicted octanol–water partition coefficient (Wildman–Crippen LogP) is 0.674. The van der Waals surface area contributed by atoms with Gasteiger partial charge in [-0.1, -0.05) is 35.4 Å². The normalized spacial score (nSPS) is 20.2. The van der Waals surface area contributed by atoms with Crippen LogP contribution in [0.25, 0.3) is 0 Å². The van der Waals surface area contributed by atoms with E-state index >= 15 is 0 Å². The lowest BCUT2D eigenvalue weighted by atomic mass is 10.0. The highest BCUT2D eigenvalue weighted by Crippen LogP contribution is 2.11. The monoisotopic (exact) mass is 424 g/mol. The molecule has 0 bridgehead atoms. The van der Waals surface area contributed by atoms with Crippen LogP contribution in [-0.4, -0.2) is 47.4 Å². The number of hydrogen-bond acceptors (Lipinski definition) is 3. The first-order valence-corrected chi connectivity index (χ1v) is 9.22. The molecule has 126 valence electrons. The molecule has 0 aromatic carbocycles. The molecule has 1 rings (SSSR count). The Labute approximate surface area is 144 Å². The summed E-state index contributed by atoms with van der Waals surface area (Å²) in [4.78, 5) is 33.7. The molecule has 7 nitrogen and oxygen atoms in total. The van der Waals surface area contributed by atoms with Gasteiger partial charge < -0.3 is 21.3 Å². The number of nitrogens with one attached hydrogen (secondary N) is 4. The summed E-state index contributed by atoms with van der Waals surface area (Å²) in [6.45, 7) is 2.94. The zero-order chi connectivity index (χ0) is 16.4. The minimum Gasteiger partial charge on any atom is -0.354 e. The zero-order valence-electron chi connectivity index (χ0n) is 12.9. The highest BCUT2D eigenvalue weighted by atomic mass is 127. The minimum atomic E-state index is -0.0912. The Balaban J connectivity index is 1.94. The average molecular weight is 424 g/mol. The van der Waals surface area contributed by atoms with Crippen LogP contribution in [0.15, 0.2) is 0 Å². The predicted molar refractivity (Wildman–Crippen MR) is 92.9 cm³/mol. The van der Waals surface area contributed by atoms with Gasteiger partial charge in [-0.15, -0.1) is 0 Å². The van der Waals surface area contributed by atoms with E-state index in [-0.39, 0.29) is 29.9 Å². The lowest BCUT2D eigenvalue weighted by molar-refractivity contribution is -0.122. The number of alkyl halides is 1. The van der Waals surface area contributed by atoms with Gasteiger partial charge in [0.1, 0.15) is 0 Å². The van der Waals surface area contributed by atoms with Crippen molar-refractivity contribution in [3.05, 3.63) is 0 Å². The number of amides is 4. The summed E-state index contributed by atoms with van der Waals surface area (Å²) in [6, 6.07) is 0.280. The van der Waals surface area contributed by atoms with Gasteiger partial charge in [0.2, 0.25) is 11.8 Å². The Hall–Kier alpha value is -1.06. The summed E-state index contributed by atoms with van der Waals surface area (Å²) in [7, 11) is 0. The molecule has 1 aliphatic heterocycles. The number of rotatable bonds is 10.